The number of hydrogen-bond acceptors (Lipinski definition) is 3. The van der Waals surface area contributed by atoms with Gasteiger partial charge in [-0.05, 0) is 31.6 Å². The van der Waals surface area contributed by atoms with Crippen LogP contribution in [0, 0.1) is 0 Å². The lowest BCUT2D eigenvalue weighted by Gasteiger charge is -2.36. The van der Waals surface area contributed by atoms with Crippen molar-refractivity contribution >= 4 is 30.5 Å². The van der Waals surface area contributed by atoms with Gasteiger partial charge in [-0.2, -0.15) is 0 Å². The molecule has 0 aromatic heterocycles. The minimum absolute atomic E-state index is 0. The van der Waals surface area contributed by atoms with Crippen LogP contribution in [0.2, 0.25) is 0 Å². The molecule has 1 heterocycles. The number of benzene rings is 1. The highest BCUT2D eigenvalue weighted by Crippen LogP contribution is 2.15. The number of para-hydroxylation sites is 1. The largest absolute Gasteiger partial charge is 0.369 e. The summed E-state index contributed by atoms with van der Waals surface area (Å²) in [5.41, 5.74) is 6.88. The van der Waals surface area contributed by atoms with Crippen molar-refractivity contribution in [2.24, 2.45) is 5.73 Å². The van der Waals surface area contributed by atoms with E-state index in [1.54, 1.807) is 0 Å². The van der Waals surface area contributed by atoms with Gasteiger partial charge in [-0.25, -0.2) is 0 Å². The summed E-state index contributed by atoms with van der Waals surface area (Å²) < 4.78 is 0. The number of rotatable bonds is 4. The van der Waals surface area contributed by atoms with E-state index in [4.69, 9.17) is 5.73 Å². The van der Waals surface area contributed by atoms with Crippen LogP contribution in [0.4, 0.5) is 5.69 Å². The molecule has 1 saturated heterocycles. The minimum atomic E-state index is 0. The zero-order valence-corrected chi connectivity index (χ0v) is 12.3. The van der Waals surface area contributed by atoms with Gasteiger partial charge in [0.2, 0.25) is 0 Å². The summed E-state index contributed by atoms with van der Waals surface area (Å²) in [6, 6.07) is 10.7. The van der Waals surface area contributed by atoms with E-state index >= 15 is 0 Å². The molecule has 18 heavy (non-hydrogen) atoms. The Morgan fingerprint density at radius 3 is 2.11 bits per heavy atom. The molecule has 1 aromatic rings. The van der Waals surface area contributed by atoms with Crippen molar-refractivity contribution in [1.82, 2.24) is 4.90 Å². The molecule has 0 saturated carbocycles. The third-order valence-corrected chi connectivity index (χ3v) is 3.17. The SMILES string of the molecule is Cl.Cl.NCCCN1CCN(c2ccccc2)CC1. The summed E-state index contributed by atoms with van der Waals surface area (Å²) in [5, 5.41) is 0. The van der Waals surface area contributed by atoms with Crippen LogP contribution in [0.5, 0.6) is 0 Å². The van der Waals surface area contributed by atoms with Crippen LogP contribution in [0.25, 0.3) is 0 Å². The summed E-state index contributed by atoms with van der Waals surface area (Å²) in [4.78, 5) is 4.96. The normalized spacial score (nSPS) is 15.7. The minimum Gasteiger partial charge on any atom is -0.369 e. The second kappa shape index (κ2) is 9.45. The maximum Gasteiger partial charge on any atom is 0.0367 e. The van der Waals surface area contributed by atoms with Gasteiger partial charge >= 0.3 is 0 Å². The van der Waals surface area contributed by atoms with E-state index in [0.29, 0.717) is 0 Å². The highest BCUT2D eigenvalue weighted by molar-refractivity contribution is 5.85. The van der Waals surface area contributed by atoms with Crippen molar-refractivity contribution in [3.05, 3.63) is 30.3 Å². The molecule has 0 bridgehead atoms. The second-order valence-electron chi connectivity index (χ2n) is 4.31. The molecule has 3 nitrogen and oxygen atoms in total. The molecule has 0 radical (unpaired) electrons. The molecular weight excluding hydrogens is 269 g/mol. The molecule has 0 spiro atoms. The monoisotopic (exact) mass is 291 g/mol. The third-order valence-electron chi connectivity index (χ3n) is 3.17. The second-order valence-corrected chi connectivity index (χ2v) is 4.31. The first-order valence-corrected chi connectivity index (χ1v) is 6.12. The van der Waals surface area contributed by atoms with E-state index < -0.39 is 0 Å². The number of nitrogens with two attached hydrogens (primary N) is 1. The summed E-state index contributed by atoms with van der Waals surface area (Å²) in [5.74, 6) is 0. The summed E-state index contributed by atoms with van der Waals surface area (Å²) >= 11 is 0. The van der Waals surface area contributed by atoms with Gasteiger partial charge in [0.05, 0.1) is 0 Å². The van der Waals surface area contributed by atoms with Crippen LogP contribution in [-0.4, -0.2) is 44.2 Å². The fraction of sp³-hybridized carbons (Fsp3) is 0.538. The molecule has 2 rings (SSSR count). The van der Waals surface area contributed by atoms with Gasteiger partial charge < -0.3 is 10.6 Å². The van der Waals surface area contributed by atoms with Crippen LogP contribution >= 0.6 is 24.8 Å². The number of nitrogens with zero attached hydrogens (tertiary/aromatic N) is 2. The maximum absolute atomic E-state index is 5.53. The van der Waals surface area contributed by atoms with Crippen molar-refractivity contribution in [3.63, 3.8) is 0 Å². The lowest BCUT2D eigenvalue weighted by Crippen LogP contribution is -2.46. The van der Waals surface area contributed by atoms with E-state index in [9.17, 15) is 0 Å². The first-order chi connectivity index (χ1) is 7.90. The number of hydrogen-bond donors (Lipinski definition) is 1. The van der Waals surface area contributed by atoms with Crippen molar-refractivity contribution in [2.45, 2.75) is 6.42 Å². The Labute approximate surface area is 122 Å². The smallest absolute Gasteiger partial charge is 0.0367 e. The fourth-order valence-electron chi connectivity index (χ4n) is 2.18. The van der Waals surface area contributed by atoms with E-state index in [2.05, 4.69) is 40.1 Å². The zero-order valence-electron chi connectivity index (χ0n) is 10.6. The molecule has 0 unspecified atom stereocenters. The Hall–Kier alpha value is -0.480. The lowest BCUT2D eigenvalue weighted by atomic mass is 10.2. The lowest BCUT2D eigenvalue weighted by molar-refractivity contribution is 0.256. The first kappa shape index (κ1) is 17.5. The molecule has 104 valence electrons. The molecule has 5 heteroatoms. The van der Waals surface area contributed by atoms with E-state index in [1.165, 1.54) is 5.69 Å². The molecule has 1 aliphatic rings. The molecule has 1 aromatic carbocycles. The first-order valence-electron chi connectivity index (χ1n) is 6.12. The van der Waals surface area contributed by atoms with Crippen molar-refractivity contribution in [1.29, 1.82) is 0 Å². The molecule has 0 amide bonds. The molecule has 1 fully saturated rings. The predicted octanol–water partition coefficient (Wildman–Crippen LogP) is 2.00. The van der Waals surface area contributed by atoms with E-state index in [-0.39, 0.29) is 24.8 Å². The van der Waals surface area contributed by atoms with Crippen LogP contribution in [-0.2, 0) is 0 Å². The van der Waals surface area contributed by atoms with Gasteiger partial charge in [0.15, 0.2) is 0 Å². The molecule has 0 atom stereocenters. The zero-order chi connectivity index (χ0) is 11.2. The summed E-state index contributed by atoms with van der Waals surface area (Å²) in [7, 11) is 0. The summed E-state index contributed by atoms with van der Waals surface area (Å²) in [6.45, 7) is 6.55. The standard InChI is InChI=1S/C13H21N3.2ClH/c14-7-4-8-15-9-11-16(12-10-15)13-5-2-1-3-6-13;;/h1-3,5-6H,4,7-12,14H2;2*1H. The van der Waals surface area contributed by atoms with Crippen molar-refractivity contribution in [2.75, 3.05) is 44.2 Å². The van der Waals surface area contributed by atoms with Crippen LogP contribution in [0.3, 0.4) is 0 Å². The Morgan fingerprint density at radius 2 is 1.56 bits per heavy atom. The number of anilines is 1. The van der Waals surface area contributed by atoms with Crippen molar-refractivity contribution in [3.8, 4) is 0 Å². The molecule has 2 N–H and O–H groups in total. The van der Waals surface area contributed by atoms with E-state index in [0.717, 1.165) is 45.7 Å². The molecule has 0 aliphatic carbocycles. The van der Waals surface area contributed by atoms with Crippen LogP contribution in [0.15, 0.2) is 30.3 Å². The Kier molecular flexibility index (Phi) is 9.20. The third kappa shape index (κ3) is 5.02. The summed E-state index contributed by atoms with van der Waals surface area (Å²) in [6.07, 6.45) is 1.12. The average Bonchev–Trinajstić information content (AvgIpc) is 2.38. The Balaban J connectivity index is 0.00000144. The van der Waals surface area contributed by atoms with Gasteiger partial charge in [0.1, 0.15) is 0 Å². The van der Waals surface area contributed by atoms with Crippen molar-refractivity contribution < 1.29 is 0 Å². The molecular formula is C13H23Cl2N3. The van der Waals surface area contributed by atoms with E-state index in [1.807, 2.05) is 0 Å². The number of piperazine rings is 1. The Bertz CT molecular complexity index is 300. The van der Waals surface area contributed by atoms with Gasteiger partial charge in [-0.15, -0.1) is 24.8 Å². The van der Waals surface area contributed by atoms with Gasteiger partial charge in [-0.3, -0.25) is 4.90 Å². The predicted molar refractivity (Wildman–Crippen MR) is 83.3 cm³/mol. The quantitative estimate of drug-likeness (QED) is 0.921. The van der Waals surface area contributed by atoms with Crippen LogP contribution < -0.4 is 10.6 Å². The van der Waals surface area contributed by atoms with Gasteiger partial charge in [0, 0.05) is 31.9 Å². The van der Waals surface area contributed by atoms with Gasteiger partial charge in [0.25, 0.3) is 0 Å². The van der Waals surface area contributed by atoms with Crippen LogP contribution in [0.1, 0.15) is 6.42 Å². The maximum atomic E-state index is 5.53. The highest BCUT2D eigenvalue weighted by atomic mass is 35.5. The number of halogens is 2. The average molecular weight is 292 g/mol. The molecule has 1 aliphatic heterocycles. The highest BCUT2D eigenvalue weighted by Gasteiger charge is 2.15. The van der Waals surface area contributed by atoms with Gasteiger partial charge in [-0.1, -0.05) is 18.2 Å². The fourth-order valence-corrected chi connectivity index (χ4v) is 2.18. The Morgan fingerprint density at radius 1 is 0.944 bits per heavy atom. The topological polar surface area (TPSA) is 32.5 Å².